The Balaban J connectivity index is 1.76. The van der Waals surface area contributed by atoms with Crippen LogP contribution in [0.25, 0.3) is 0 Å². The molecular weight excluding hydrogens is 424 g/mol. The van der Waals surface area contributed by atoms with E-state index in [9.17, 15) is 14.0 Å². The smallest absolute Gasteiger partial charge is 0.225 e. The fourth-order valence-electron chi connectivity index (χ4n) is 4.05. The minimum Gasteiger partial charge on any atom is -0.329 e. The Morgan fingerprint density at radius 2 is 1.71 bits per heavy atom. The number of allylic oxidation sites excluding steroid dienone is 2. The monoisotopic (exact) mass is 437 g/mol. The van der Waals surface area contributed by atoms with Crippen molar-refractivity contribution < 1.29 is 14.0 Å². The molecule has 0 spiro atoms. The lowest BCUT2D eigenvalue weighted by molar-refractivity contribution is -0.122. The number of rotatable bonds is 2. The predicted octanol–water partition coefficient (Wildman–Crippen LogP) is 5.79. The van der Waals surface area contributed by atoms with E-state index in [2.05, 4.69) is 5.32 Å². The number of ketones is 1. The van der Waals surface area contributed by atoms with Gasteiger partial charge in [-0.1, -0.05) is 46.9 Å². The Labute approximate surface area is 176 Å². The summed E-state index contributed by atoms with van der Waals surface area (Å²) in [6.07, 6.45) is 0.686. The first-order valence-electron chi connectivity index (χ1n) is 8.80. The highest BCUT2D eigenvalue weighted by Crippen LogP contribution is 2.45. The van der Waals surface area contributed by atoms with Crippen molar-refractivity contribution in [3.63, 3.8) is 0 Å². The maximum atomic E-state index is 14.5. The van der Waals surface area contributed by atoms with E-state index in [4.69, 9.17) is 34.8 Å². The number of hydrogen-bond acceptors (Lipinski definition) is 2. The Morgan fingerprint density at radius 1 is 0.929 bits per heavy atom. The number of amides is 1. The summed E-state index contributed by atoms with van der Waals surface area (Å²) >= 11 is 18.3. The number of nitrogens with one attached hydrogen (secondary N) is 1. The van der Waals surface area contributed by atoms with Gasteiger partial charge in [-0.3, -0.25) is 9.59 Å². The van der Waals surface area contributed by atoms with Gasteiger partial charge in [0.1, 0.15) is 5.82 Å². The summed E-state index contributed by atoms with van der Waals surface area (Å²) in [6, 6.07) is 9.62. The molecule has 7 heteroatoms. The van der Waals surface area contributed by atoms with Crippen molar-refractivity contribution in [3.8, 4) is 0 Å². The lowest BCUT2D eigenvalue weighted by Crippen LogP contribution is -2.38. The second-order valence-electron chi connectivity index (χ2n) is 7.03. The van der Waals surface area contributed by atoms with Crippen molar-refractivity contribution in [3.05, 3.63) is 79.7 Å². The average molecular weight is 439 g/mol. The molecule has 0 saturated heterocycles. The fourth-order valence-corrected chi connectivity index (χ4v) is 4.65. The molecule has 1 N–H and O–H groups in total. The molecule has 1 amide bonds. The molecule has 3 nitrogen and oxygen atoms in total. The van der Waals surface area contributed by atoms with Gasteiger partial charge in [0.05, 0.1) is 10.0 Å². The highest BCUT2D eigenvalue weighted by molar-refractivity contribution is 6.42. The van der Waals surface area contributed by atoms with Crippen LogP contribution in [0.2, 0.25) is 15.1 Å². The Bertz CT molecular complexity index is 1010. The SMILES string of the molecule is O=C1CC(c2c(F)cccc2Cl)C2=C(CC(c3ccc(Cl)c(Cl)c3)CC2=O)N1. The van der Waals surface area contributed by atoms with Crippen LogP contribution in [0.4, 0.5) is 4.39 Å². The molecule has 2 unspecified atom stereocenters. The lowest BCUT2D eigenvalue weighted by atomic mass is 9.73. The van der Waals surface area contributed by atoms with Crippen molar-refractivity contribution in [2.45, 2.75) is 31.1 Å². The average Bonchev–Trinajstić information content (AvgIpc) is 2.63. The van der Waals surface area contributed by atoms with Gasteiger partial charge in [0, 0.05) is 40.6 Å². The van der Waals surface area contributed by atoms with Gasteiger partial charge in [-0.05, 0) is 42.2 Å². The van der Waals surface area contributed by atoms with Gasteiger partial charge in [-0.25, -0.2) is 4.39 Å². The standard InChI is InChI=1S/C21H15Cl3FNO2/c22-13-5-4-10(6-15(13)24)11-7-17-21(18(27)8-11)12(9-19(28)26-17)20-14(23)2-1-3-16(20)25/h1-6,11-12H,7-9H2,(H,26,28). The van der Waals surface area contributed by atoms with Crippen LogP contribution < -0.4 is 5.32 Å². The van der Waals surface area contributed by atoms with Crippen molar-refractivity contribution in [1.29, 1.82) is 0 Å². The van der Waals surface area contributed by atoms with Crippen LogP contribution in [-0.4, -0.2) is 11.7 Å². The molecule has 28 heavy (non-hydrogen) atoms. The Hall–Kier alpha value is -1.88. The summed E-state index contributed by atoms with van der Waals surface area (Å²) in [5.41, 5.74) is 2.05. The molecule has 2 aromatic rings. The molecule has 0 radical (unpaired) electrons. The second-order valence-corrected chi connectivity index (χ2v) is 8.26. The highest BCUT2D eigenvalue weighted by atomic mass is 35.5. The third kappa shape index (κ3) is 3.45. The van der Waals surface area contributed by atoms with Gasteiger partial charge >= 0.3 is 0 Å². The molecule has 1 heterocycles. The number of halogens is 4. The van der Waals surface area contributed by atoms with Gasteiger partial charge in [-0.15, -0.1) is 0 Å². The van der Waals surface area contributed by atoms with Gasteiger partial charge in [0.15, 0.2) is 5.78 Å². The first kappa shape index (κ1) is 19.4. The van der Waals surface area contributed by atoms with Crippen LogP contribution >= 0.6 is 34.8 Å². The topological polar surface area (TPSA) is 46.2 Å². The van der Waals surface area contributed by atoms with Gasteiger partial charge in [-0.2, -0.15) is 0 Å². The predicted molar refractivity (Wildman–Crippen MR) is 107 cm³/mol. The maximum Gasteiger partial charge on any atom is 0.225 e. The maximum absolute atomic E-state index is 14.5. The van der Waals surface area contributed by atoms with Crippen molar-refractivity contribution >= 4 is 46.5 Å². The summed E-state index contributed by atoms with van der Waals surface area (Å²) in [4.78, 5) is 25.4. The summed E-state index contributed by atoms with van der Waals surface area (Å²) in [5, 5.41) is 3.87. The number of hydrogen-bond donors (Lipinski definition) is 1. The van der Waals surface area contributed by atoms with Crippen LogP contribution in [-0.2, 0) is 9.59 Å². The minimum absolute atomic E-state index is 0.0112. The van der Waals surface area contributed by atoms with E-state index in [1.54, 1.807) is 18.2 Å². The van der Waals surface area contributed by atoms with E-state index >= 15 is 0 Å². The van der Waals surface area contributed by atoms with E-state index in [-0.39, 0.29) is 41.0 Å². The zero-order valence-electron chi connectivity index (χ0n) is 14.6. The van der Waals surface area contributed by atoms with E-state index in [0.717, 1.165) is 5.56 Å². The normalized spacial score (nSPS) is 22.1. The van der Waals surface area contributed by atoms with E-state index in [0.29, 0.717) is 27.7 Å². The molecule has 0 bridgehead atoms. The molecule has 4 rings (SSSR count). The van der Waals surface area contributed by atoms with Crippen LogP contribution in [0.1, 0.15) is 42.2 Å². The molecule has 1 aliphatic carbocycles. The summed E-state index contributed by atoms with van der Waals surface area (Å²) in [7, 11) is 0. The number of carbonyl (C=O) groups is 2. The second kappa shape index (κ2) is 7.51. The van der Waals surface area contributed by atoms with Gasteiger partial charge < -0.3 is 5.32 Å². The molecule has 144 valence electrons. The third-order valence-electron chi connectivity index (χ3n) is 5.30. The van der Waals surface area contributed by atoms with E-state index in [1.807, 2.05) is 6.07 Å². The van der Waals surface area contributed by atoms with Gasteiger partial charge in [0.25, 0.3) is 0 Å². The van der Waals surface area contributed by atoms with Crippen LogP contribution in [0.5, 0.6) is 0 Å². The molecule has 1 aliphatic heterocycles. The van der Waals surface area contributed by atoms with Crippen molar-refractivity contribution in [1.82, 2.24) is 5.32 Å². The zero-order valence-corrected chi connectivity index (χ0v) is 16.8. The molecule has 0 aromatic heterocycles. The molecule has 2 aromatic carbocycles. The fraction of sp³-hybridized carbons (Fsp3) is 0.238. The highest BCUT2D eigenvalue weighted by Gasteiger charge is 2.39. The largest absolute Gasteiger partial charge is 0.329 e. The third-order valence-corrected chi connectivity index (χ3v) is 6.37. The summed E-state index contributed by atoms with van der Waals surface area (Å²) < 4.78 is 14.5. The number of Topliss-reactive ketones (excluding diaryl/α,β-unsaturated/α-hetero) is 1. The molecule has 2 aliphatic rings. The molecule has 0 saturated carbocycles. The van der Waals surface area contributed by atoms with Crippen LogP contribution in [0.15, 0.2) is 47.7 Å². The Kier molecular flexibility index (Phi) is 5.21. The summed E-state index contributed by atoms with van der Waals surface area (Å²) in [6.45, 7) is 0. The molecule has 2 atom stereocenters. The first-order valence-corrected chi connectivity index (χ1v) is 9.93. The van der Waals surface area contributed by atoms with E-state index in [1.165, 1.54) is 12.1 Å². The lowest BCUT2D eigenvalue weighted by Gasteiger charge is -2.35. The number of carbonyl (C=O) groups excluding carboxylic acids is 2. The summed E-state index contributed by atoms with van der Waals surface area (Å²) in [5.74, 6) is -1.72. The van der Waals surface area contributed by atoms with Crippen molar-refractivity contribution in [2.75, 3.05) is 0 Å². The Morgan fingerprint density at radius 3 is 2.43 bits per heavy atom. The first-order chi connectivity index (χ1) is 13.3. The quantitative estimate of drug-likeness (QED) is 0.645. The minimum atomic E-state index is -0.681. The van der Waals surface area contributed by atoms with E-state index < -0.39 is 11.7 Å². The zero-order chi connectivity index (χ0) is 20.0. The van der Waals surface area contributed by atoms with Crippen LogP contribution in [0.3, 0.4) is 0 Å². The number of benzene rings is 2. The van der Waals surface area contributed by atoms with Crippen LogP contribution in [0, 0.1) is 5.82 Å². The molecular formula is C21H15Cl3FNO2. The van der Waals surface area contributed by atoms with Crippen molar-refractivity contribution in [2.24, 2.45) is 0 Å². The molecule has 0 fully saturated rings. The van der Waals surface area contributed by atoms with Gasteiger partial charge in [0.2, 0.25) is 5.91 Å².